The monoisotopic (exact) mass is 421 g/mol. The zero-order valence-corrected chi connectivity index (χ0v) is 17.9. The number of aliphatic hydroxyl groups is 2. The maximum absolute atomic E-state index is 10.2. The van der Waals surface area contributed by atoms with Crippen molar-refractivity contribution in [1.82, 2.24) is 5.32 Å². The fourth-order valence-electron chi connectivity index (χ4n) is 3.38. The fraction of sp³-hybridized carbons (Fsp3) is 0.520. The first-order valence-electron chi connectivity index (χ1n) is 11.1. The van der Waals surface area contributed by atoms with Crippen molar-refractivity contribution in [3.63, 3.8) is 0 Å². The number of aryl methyl sites for hydroxylation is 1. The molecule has 0 aliphatic rings. The molecule has 0 saturated carbocycles. The van der Waals surface area contributed by atoms with Crippen LogP contribution < -0.4 is 5.32 Å². The second-order valence-electron chi connectivity index (χ2n) is 7.74. The van der Waals surface area contributed by atoms with Gasteiger partial charge < -0.3 is 25.4 Å². The van der Waals surface area contributed by atoms with Crippen LogP contribution in [0.1, 0.15) is 61.3 Å². The summed E-state index contributed by atoms with van der Waals surface area (Å²) in [5.41, 5.74) is 2.53. The Labute approximate surface area is 180 Å². The average molecular weight is 422 g/mol. The molecule has 0 fully saturated rings. The minimum atomic E-state index is -0.647. The van der Waals surface area contributed by atoms with Gasteiger partial charge in [-0.05, 0) is 61.9 Å². The Bertz CT molecular complexity index is 693. The van der Waals surface area contributed by atoms with Gasteiger partial charge in [-0.1, -0.05) is 49.2 Å². The molecule has 5 nitrogen and oxygen atoms in total. The van der Waals surface area contributed by atoms with Gasteiger partial charge in [-0.3, -0.25) is 0 Å². The lowest BCUT2D eigenvalue weighted by Gasteiger charge is -2.14. The minimum Gasteiger partial charge on any atom is -0.508 e. The smallest absolute Gasteiger partial charge is 0.121 e. The summed E-state index contributed by atoms with van der Waals surface area (Å²) in [5, 5.41) is 32.3. The van der Waals surface area contributed by atoms with Crippen molar-refractivity contribution < 1.29 is 20.1 Å². The predicted molar refractivity (Wildman–Crippen MR) is 121 cm³/mol. The molecule has 2 rings (SSSR count). The third kappa shape index (κ3) is 9.72. The second kappa shape index (κ2) is 15.0. The topological polar surface area (TPSA) is 82.0 Å². The normalized spacial score (nSPS) is 12.2. The maximum atomic E-state index is 10.2. The first-order valence-corrected chi connectivity index (χ1v) is 11.1. The summed E-state index contributed by atoms with van der Waals surface area (Å²) in [6.45, 7) is 2.77. The van der Waals surface area contributed by atoms with Gasteiger partial charge in [-0.25, -0.2) is 0 Å². The molecule has 5 heteroatoms. The van der Waals surface area contributed by atoms with Gasteiger partial charge in [-0.15, -0.1) is 0 Å². The molecule has 1 atom stereocenters. The number of hydrogen-bond donors (Lipinski definition) is 4. The number of benzene rings is 2. The second-order valence-corrected chi connectivity index (χ2v) is 7.74. The standard InChI is InChI=1S/C25H37NO4/c27-20-23-18-22(13-14-24(23)28)25(29)19-26-15-7-1-2-8-16-30-17-9-6-12-21-10-4-3-5-11-21/h3-5,10-11,13-14,18,25-29H,1-2,6-9,12,15-17,19-20H2/i3+1,4+1,5+1,10+1,11+1,21+1. The number of phenols is 1. The van der Waals surface area contributed by atoms with Crippen molar-refractivity contribution >= 4 is 0 Å². The molecule has 2 aromatic carbocycles. The van der Waals surface area contributed by atoms with E-state index in [0.717, 1.165) is 58.3 Å². The summed E-state index contributed by atoms with van der Waals surface area (Å²) in [4.78, 5) is 0. The van der Waals surface area contributed by atoms with Crippen molar-refractivity contribution in [3.8, 4) is 5.75 Å². The van der Waals surface area contributed by atoms with Gasteiger partial charge in [0.15, 0.2) is 0 Å². The number of aromatic hydroxyl groups is 1. The molecule has 1 unspecified atom stereocenters. The van der Waals surface area contributed by atoms with Crippen molar-refractivity contribution in [1.29, 1.82) is 0 Å². The average Bonchev–Trinajstić information content (AvgIpc) is 2.77. The number of ether oxygens (including phenoxy) is 1. The quantitative estimate of drug-likeness (QED) is 0.307. The molecular formula is C25H37NO4. The maximum Gasteiger partial charge on any atom is 0.121 e. The van der Waals surface area contributed by atoms with Crippen LogP contribution in [0.25, 0.3) is 0 Å². The van der Waals surface area contributed by atoms with Crippen LogP contribution in [0.15, 0.2) is 48.5 Å². The summed E-state index contributed by atoms with van der Waals surface area (Å²) < 4.78 is 5.72. The van der Waals surface area contributed by atoms with E-state index in [1.807, 2.05) is 0 Å². The largest absolute Gasteiger partial charge is 0.508 e. The zero-order chi connectivity index (χ0) is 21.4. The summed E-state index contributed by atoms with van der Waals surface area (Å²) in [6.07, 6.45) is 7.24. The third-order valence-electron chi connectivity index (χ3n) is 5.24. The Hall–Kier alpha value is -1.92. The summed E-state index contributed by atoms with van der Waals surface area (Å²) in [6, 6.07) is 15.4. The van der Waals surface area contributed by atoms with Gasteiger partial charge in [0.05, 0.1) is 12.7 Å². The Morgan fingerprint density at radius 1 is 0.867 bits per heavy atom. The highest BCUT2D eigenvalue weighted by Crippen LogP contribution is 2.22. The van der Waals surface area contributed by atoms with Gasteiger partial charge >= 0.3 is 0 Å². The highest BCUT2D eigenvalue weighted by atomic mass is 16.5. The number of unbranched alkanes of at least 4 members (excludes halogenated alkanes) is 4. The summed E-state index contributed by atoms with van der Waals surface area (Å²) in [5.74, 6) is 0.0533. The molecule has 0 radical (unpaired) electrons. The van der Waals surface area contributed by atoms with E-state index in [-0.39, 0.29) is 12.4 Å². The van der Waals surface area contributed by atoms with Crippen LogP contribution in [0.4, 0.5) is 0 Å². The van der Waals surface area contributed by atoms with Crippen LogP contribution in [-0.2, 0) is 17.8 Å². The molecule has 166 valence electrons. The lowest BCUT2D eigenvalue weighted by atomic mass is 10.1. The highest BCUT2D eigenvalue weighted by molar-refractivity contribution is 5.36. The molecule has 0 spiro atoms. The molecule has 0 aliphatic carbocycles. The number of hydrogen-bond acceptors (Lipinski definition) is 5. The Morgan fingerprint density at radius 2 is 1.60 bits per heavy atom. The third-order valence-corrected chi connectivity index (χ3v) is 5.24. The van der Waals surface area contributed by atoms with E-state index >= 15 is 0 Å². The molecule has 0 aliphatic heterocycles. The van der Waals surface area contributed by atoms with E-state index in [1.165, 1.54) is 18.1 Å². The lowest BCUT2D eigenvalue weighted by molar-refractivity contribution is 0.126. The summed E-state index contributed by atoms with van der Waals surface area (Å²) in [7, 11) is 0. The zero-order valence-electron chi connectivity index (χ0n) is 17.9. The van der Waals surface area contributed by atoms with Gasteiger partial charge in [0.1, 0.15) is 5.75 Å². The fourth-order valence-corrected chi connectivity index (χ4v) is 3.38. The van der Waals surface area contributed by atoms with E-state index in [2.05, 4.69) is 35.6 Å². The Kier molecular flexibility index (Phi) is 12.1. The summed E-state index contributed by atoms with van der Waals surface area (Å²) >= 11 is 0. The number of rotatable bonds is 16. The lowest BCUT2D eigenvalue weighted by Crippen LogP contribution is -2.22. The van der Waals surface area contributed by atoms with E-state index in [4.69, 9.17) is 4.74 Å². The predicted octanol–water partition coefficient (Wildman–Crippen LogP) is 4.11. The molecule has 0 heterocycles. The van der Waals surface area contributed by atoms with Crippen LogP contribution in [0.3, 0.4) is 0 Å². The molecule has 0 bridgehead atoms. The van der Waals surface area contributed by atoms with Crippen molar-refractivity contribution in [2.24, 2.45) is 0 Å². The van der Waals surface area contributed by atoms with Gasteiger partial charge in [0.2, 0.25) is 0 Å². The Morgan fingerprint density at radius 3 is 2.37 bits per heavy atom. The highest BCUT2D eigenvalue weighted by Gasteiger charge is 2.09. The minimum absolute atomic E-state index is 0.0533. The molecular weight excluding hydrogens is 384 g/mol. The molecule has 0 aromatic heterocycles. The van der Waals surface area contributed by atoms with Crippen molar-refractivity contribution in [2.45, 2.75) is 57.7 Å². The van der Waals surface area contributed by atoms with Gasteiger partial charge in [0, 0.05) is 25.3 Å². The van der Waals surface area contributed by atoms with E-state index in [0.29, 0.717) is 17.7 Å². The van der Waals surface area contributed by atoms with E-state index in [1.54, 1.807) is 12.1 Å². The van der Waals surface area contributed by atoms with Gasteiger partial charge in [-0.2, -0.15) is 0 Å². The first kappa shape index (κ1) is 24.4. The van der Waals surface area contributed by atoms with Crippen LogP contribution >= 0.6 is 0 Å². The Balaban J connectivity index is 1.39. The molecule has 30 heavy (non-hydrogen) atoms. The van der Waals surface area contributed by atoms with E-state index < -0.39 is 6.10 Å². The molecule has 0 saturated heterocycles. The number of nitrogens with one attached hydrogen (secondary N) is 1. The van der Waals surface area contributed by atoms with Crippen LogP contribution in [0, 0.1) is 0 Å². The van der Waals surface area contributed by atoms with Crippen LogP contribution in [-0.4, -0.2) is 41.6 Å². The van der Waals surface area contributed by atoms with E-state index in [9.17, 15) is 15.3 Å². The van der Waals surface area contributed by atoms with Crippen LogP contribution in [0.5, 0.6) is 5.75 Å². The van der Waals surface area contributed by atoms with Gasteiger partial charge in [0.25, 0.3) is 0 Å². The van der Waals surface area contributed by atoms with Crippen molar-refractivity contribution in [3.05, 3.63) is 65.2 Å². The van der Waals surface area contributed by atoms with Crippen molar-refractivity contribution in [2.75, 3.05) is 26.3 Å². The molecule has 0 amide bonds. The molecule has 2 aromatic rings. The molecule has 4 N–H and O–H groups in total. The number of aliphatic hydroxyl groups excluding tert-OH is 2. The van der Waals surface area contributed by atoms with Crippen LogP contribution in [0.2, 0.25) is 0 Å². The first-order chi connectivity index (χ1) is 14.7. The SMILES string of the molecule is OCc1cc(C(O)CNCCCCCCOCCCC[13c]2[13cH][13cH][13cH][13cH][13cH]2)ccc1O.